The van der Waals surface area contributed by atoms with Crippen LogP contribution in [0.4, 0.5) is 23.1 Å². The Bertz CT molecular complexity index is 1480. The molecule has 0 amide bonds. The molecule has 1 fully saturated rings. The number of nitrogens with zero attached hydrogens (tertiary/aromatic N) is 5. The van der Waals surface area contributed by atoms with Crippen LogP contribution in [0.15, 0.2) is 61.1 Å². The van der Waals surface area contributed by atoms with Crippen molar-refractivity contribution in [1.29, 1.82) is 0 Å². The number of nitrogens with one attached hydrogen (secondary N) is 5. The van der Waals surface area contributed by atoms with E-state index in [1.54, 1.807) is 0 Å². The lowest BCUT2D eigenvalue weighted by Crippen LogP contribution is -2.26. The topological polar surface area (TPSA) is 117 Å². The van der Waals surface area contributed by atoms with E-state index >= 15 is 0 Å². The minimum Gasteiger partial charge on any atom is -0.379 e. The van der Waals surface area contributed by atoms with Crippen LogP contribution in [0.25, 0.3) is 0 Å². The zero-order chi connectivity index (χ0) is 40.4. The quantitative estimate of drug-likeness (QED) is 0.121. The number of hydrogen-bond acceptors (Lipinski definition) is 9. The lowest BCUT2D eigenvalue weighted by Gasteiger charge is -2.21. The van der Waals surface area contributed by atoms with Crippen molar-refractivity contribution in [3.63, 3.8) is 0 Å². The molecule has 4 aromatic heterocycles. The van der Waals surface area contributed by atoms with E-state index < -0.39 is 0 Å². The molecule has 0 bridgehead atoms. The smallest absolute Gasteiger partial charge is 0.126 e. The standard InChI is InChI=1S/2C10H16N2.C9H14N2.C8H15N3.C6H13N/c1-8-5-6-9(7-11-8)12-10(2,3)4;1-8-5-6-9(11-7-8)12-10(2,3)4;1-7(2)11-9-6-8(3)4-5-10-9;1-6(2)9-8-5-7(3)10-11(8)4;1-5(2)7-6-3-4-6/h5-7,12H,1-4H3;5-7H,1-4H3,(H,11,12);4-7H,1-3H3,(H,10,11);5-6,9H,1-4H3;5-7H,3-4H2,1-2H3. The van der Waals surface area contributed by atoms with Crippen molar-refractivity contribution < 1.29 is 0 Å². The molecule has 0 aromatic carbocycles. The third-order valence-corrected chi connectivity index (χ3v) is 6.78. The van der Waals surface area contributed by atoms with Crippen molar-refractivity contribution in [2.24, 2.45) is 7.05 Å². The molecule has 0 saturated heterocycles. The van der Waals surface area contributed by atoms with Crippen LogP contribution in [-0.4, -0.2) is 60.0 Å². The molecule has 10 nitrogen and oxygen atoms in total. The van der Waals surface area contributed by atoms with E-state index in [-0.39, 0.29) is 11.1 Å². The molecule has 0 atom stereocenters. The average molecular weight is 731 g/mol. The van der Waals surface area contributed by atoms with Crippen LogP contribution < -0.4 is 26.6 Å². The monoisotopic (exact) mass is 731 g/mol. The minimum atomic E-state index is 0.0856. The summed E-state index contributed by atoms with van der Waals surface area (Å²) in [5.41, 5.74) is 5.80. The van der Waals surface area contributed by atoms with Crippen molar-refractivity contribution in [1.82, 2.24) is 30.0 Å². The third-order valence-electron chi connectivity index (χ3n) is 6.78. The maximum atomic E-state index is 4.25. The summed E-state index contributed by atoms with van der Waals surface area (Å²) in [5.74, 6) is 2.98. The van der Waals surface area contributed by atoms with Gasteiger partial charge in [-0.15, -0.1) is 0 Å². The number of anilines is 4. The third kappa shape index (κ3) is 25.4. The van der Waals surface area contributed by atoms with Gasteiger partial charge in [-0.25, -0.2) is 9.97 Å². The summed E-state index contributed by atoms with van der Waals surface area (Å²) in [6.07, 6.45) is 8.35. The minimum absolute atomic E-state index is 0.0856. The molecule has 5 rings (SSSR count). The molecule has 0 spiro atoms. The molecule has 10 heteroatoms. The Kier molecular flexibility index (Phi) is 20.1. The number of rotatable bonds is 8. The summed E-state index contributed by atoms with van der Waals surface area (Å²) in [6, 6.07) is 16.7. The van der Waals surface area contributed by atoms with Gasteiger partial charge in [-0.05, 0) is 151 Å². The molecule has 4 aromatic rings. The molecule has 296 valence electrons. The predicted molar refractivity (Wildman–Crippen MR) is 230 cm³/mol. The van der Waals surface area contributed by atoms with E-state index in [4.69, 9.17) is 0 Å². The van der Waals surface area contributed by atoms with Gasteiger partial charge in [-0.2, -0.15) is 5.10 Å². The normalized spacial score (nSPS) is 12.2. The highest BCUT2D eigenvalue weighted by Crippen LogP contribution is 2.19. The average Bonchev–Trinajstić information content (AvgIpc) is 3.76. The van der Waals surface area contributed by atoms with E-state index in [1.807, 2.05) is 87.5 Å². The predicted octanol–water partition coefficient (Wildman–Crippen LogP) is 10.1. The maximum absolute atomic E-state index is 4.25. The summed E-state index contributed by atoms with van der Waals surface area (Å²) in [5, 5.41) is 20.8. The Morgan fingerprint density at radius 3 is 1.64 bits per heavy atom. The van der Waals surface area contributed by atoms with Crippen LogP contribution in [0, 0.1) is 27.7 Å². The van der Waals surface area contributed by atoms with E-state index in [9.17, 15) is 0 Å². The van der Waals surface area contributed by atoms with Gasteiger partial charge < -0.3 is 26.6 Å². The molecule has 0 unspecified atom stereocenters. The van der Waals surface area contributed by atoms with Crippen LogP contribution in [-0.2, 0) is 7.05 Å². The lowest BCUT2D eigenvalue weighted by atomic mass is 10.1. The fraction of sp³-hybridized carbons (Fsp3) is 0.581. The fourth-order valence-electron chi connectivity index (χ4n) is 4.57. The first kappa shape index (κ1) is 46.8. The second-order valence-electron chi connectivity index (χ2n) is 16.9. The molecule has 1 aliphatic carbocycles. The number of aryl methyl sites for hydroxylation is 5. The largest absolute Gasteiger partial charge is 0.379 e. The fourth-order valence-corrected chi connectivity index (χ4v) is 4.57. The maximum Gasteiger partial charge on any atom is 0.126 e. The lowest BCUT2D eigenvalue weighted by molar-refractivity contribution is 0.585. The van der Waals surface area contributed by atoms with E-state index in [2.05, 4.69) is 143 Å². The van der Waals surface area contributed by atoms with Crippen molar-refractivity contribution >= 4 is 23.1 Å². The van der Waals surface area contributed by atoms with Crippen LogP contribution in [0.2, 0.25) is 0 Å². The van der Waals surface area contributed by atoms with Crippen LogP contribution in [0.1, 0.15) is 118 Å². The second-order valence-corrected chi connectivity index (χ2v) is 16.9. The van der Waals surface area contributed by atoms with Gasteiger partial charge in [0.05, 0.1) is 17.6 Å². The van der Waals surface area contributed by atoms with Crippen molar-refractivity contribution in [2.75, 3.05) is 21.3 Å². The molecule has 4 heterocycles. The van der Waals surface area contributed by atoms with Gasteiger partial charge in [0, 0.05) is 66.4 Å². The first-order valence-corrected chi connectivity index (χ1v) is 19.2. The summed E-state index contributed by atoms with van der Waals surface area (Å²) in [4.78, 5) is 12.6. The van der Waals surface area contributed by atoms with Crippen molar-refractivity contribution in [3.8, 4) is 0 Å². The summed E-state index contributed by atoms with van der Waals surface area (Å²) in [7, 11) is 1.94. The Morgan fingerprint density at radius 2 is 1.25 bits per heavy atom. The molecule has 5 N–H and O–H groups in total. The van der Waals surface area contributed by atoms with Gasteiger partial charge in [0.25, 0.3) is 0 Å². The highest BCUT2D eigenvalue weighted by molar-refractivity contribution is 5.43. The molecule has 0 radical (unpaired) electrons. The first-order chi connectivity index (χ1) is 24.5. The van der Waals surface area contributed by atoms with Gasteiger partial charge in [0.1, 0.15) is 17.5 Å². The highest BCUT2D eigenvalue weighted by atomic mass is 15.3. The Labute approximate surface area is 323 Å². The van der Waals surface area contributed by atoms with Gasteiger partial charge in [-0.1, -0.05) is 19.9 Å². The summed E-state index contributed by atoms with van der Waals surface area (Å²) in [6.45, 7) is 33.6. The van der Waals surface area contributed by atoms with Gasteiger partial charge >= 0.3 is 0 Å². The van der Waals surface area contributed by atoms with Crippen molar-refractivity contribution in [3.05, 3.63) is 83.6 Å². The van der Waals surface area contributed by atoms with Crippen molar-refractivity contribution in [2.45, 2.75) is 159 Å². The Morgan fingerprint density at radius 1 is 0.623 bits per heavy atom. The molecule has 1 saturated carbocycles. The van der Waals surface area contributed by atoms with E-state index in [0.717, 1.165) is 40.6 Å². The number of pyridine rings is 3. The zero-order valence-corrected chi connectivity index (χ0v) is 36.2. The Balaban J connectivity index is 0.000000334. The number of hydrogen-bond donors (Lipinski definition) is 5. The molecule has 0 aliphatic heterocycles. The van der Waals surface area contributed by atoms with Gasteiger partial charge in [-0.3, -0.25) is 9.67 Å². The second kappa shape index (κ2) is 22.8. The molecular formula is C43H74N10. The summed E-state index contributed by atoms with van der Waals surface area (Å²) < 4.78 is 1.86. The van der Waals surface area contributed by atoms with Crippen LogP contribution in [0.3, 0.4) is 0 Å². The zero-order valence-electron chi connectivity index (χ0n) is 36.2. The van der Waals surface area contributed by atoms with Crippen LogP contribution >= 0.6 is 0 Å². The molecule has 53 heavy (non-hydrogen) atoms. The highest BCUT2D eigenvalue weighted by Gasteiger charge is 2.20. The first-order valence-electron chi connectivity index (χ1n) is 19.2. The number of aromatic nitrogens is 5. The Hall–Kier alpha value is -4.18. The van der Waals surface area contributed by atoms with Gasteiger partial charge in [0.2, 0.25) is 0 Å². The molecular weight excluding hydrogens is 657 g/mol. The summed E-state index contributed by atoms with van der Waals surface area (Å²) >= 11 is 0. The van der Waals surface area contributed by atoms with E-state index in [1.165, 1.54) is 24.0 Å². The SMILES string of the molecule is CC(C)NC1CC1.Cc1cc(NC(C)C)n(C)n1.Cc1ccc(NC(C)(C)C)cn1.Cc1ccc(NC(C)(C)C)nc1.Cc1ccnc(NC(C)C)c1. The van der Waals surface area contributed by atoms with Gasteiger partial charge in [0.15, 0.2) is 0 Å². The molecule has 1 aliphatic rings. The van der Waals surface area contributed by atoms with E-state index in [0.29, 0.717) is 18.1 Å². The van der Waals surface area contributed by atoms with Crippen LogP contribution in [0.5, 0.6) is 0 Å².